The summed E-state index contributed by atoms with van der Waals surface area (Å²) in [6, 6.07) is 8.84. The maximum atomic E-state index is 14.0. The Kier molecular flexibility index (Phi) is 9.71. The summed E-state index contributed by atoms with van der Waals surface area (Å²) >= 11 is 0. The first kappa shape index (κ1) is 33.0. The second-order valence-electron chi connectivity index (χ2n) is 11.1. The molecule has 1 aliphatic heterocycles. The number of aryl methyl sites for hydroxylation is 1. The van der Waals surface area contributed by atoms with Gasteiger partial charge in [-0.1, -0.05) is 36.9 Å². The Morgan fingerprint density at radius 1 is 0.905 bits per heavy atom. The molecule has 0 radical (unpaired) electrons. The number of carbonyl (C=O) groups is 1. The molecule has 228 valence electrons. The molecule has 0 unspecified atom stereocenters. The first-order valence-electron chi connectivity index (χ1n) is 13.5. The number of carbonyl (C=O) groups excluding carboxylic acids is 1. The maximum absolute atomic E-state index is 14.0. The first-order valence-corrected chi connectivity index (χ1v) is 13.5. The molecule has 42 heavy (non-hydrogen) atoms. The van der Waals surface area contributed by atoms with Gasteiger partial charge >= 0.3 is 12.4 Å². The van der Waals surface area contributed by atoms with E-state index >= 15 is 0 Å². The fraction of sp³-hybridized carbons (Fsp3) is 0.406. The predicted octanol–water partition coefficient (Wildman–Crippen LogP) is 7.52. The normalized spacial score (nSPS) is 16.0. The van der Waals surface area contributed by atoms with Crippen LogP contribution in [0.15, 0.2) is 72.6 Å². The van der Waals surface area contributed by atoms with Crippen LogP contribution in [0, 0.1) is 6.92 Å². The minimum absolute atomic E-state index is 0.0636. The monoisotopic (exact) mass is 593 g/mol. The van der Waals surface area contributed by atoms with E-state index in [1.54, 1.807) is 13.0 Å². The van der Waals surface area contributed by atoms with Crippen molar-refractivity contribution >= 4 is 11.5 Å². The third-order valence-electron chi connectivity index (χ3n) is 7.72. The number of piperazine rings is 1. The highest BCUT2D eigenvalue weighted by molar-refractivity contribution is 5.93. The Labute approximate surface area is 243 Å². The molecular formula is C32H37F6N3O. The van der Waals surface area contributed by atoms with Crippen molar-refractivity contribution in [3.63, 3.8) is 0 Å². The summed E-state index contributed by atoms with van der Waals surface area (Å²) in [5.41, 5.74) is -1.49. The summed E-state index contributed by atoms with van der Waals surface area (Å²) < 4.78 is 81.6. The van der Waals surface area contributed by atoms with Crippen LogP contribution in [0.3, 0.4) is 0 Å². The van der Waals surface area contributed by atoms with E-state index in [-0.39, 0.29) is 11.6 Å². The summed E-state index contributed by atoms with van der Waals surface area (Å²) in [5.74, 6) is -0.673. The molecule has 2 aromatic rings. The molecule has 0 aliphatic carbocycles. The second-order valence-corrected chi connectivity index (χ2v) is 11.1. The number of allylic oxidation sites excluding steroid dienone is 3. The van der Waals surface area contributed by atoms with Crippen molar-refractivity contribution < 1.29 is 31.1 Å². The van der Waals surface area contributed by atoms with Gasteiger partial charge in [0.2, 0.25) is 5.91 Å². The average molecular weight is 594 g/mol. The predicted molar refractivity (Wildman–Crippen MR) is 153 cm³/mol. The molecule has 3 rings (SSSR count). The average Bonchev–Trinajstić information content (AvgIpc) is 2.91. The number of nitrogens with zero attached hydrogens (tertiary/aromatic N) is 3. The van der Waals surface area contributed by atoms with Gasteiger partial charge in [0.25, 0.3) is 0 Å². The number of alkyl halides is 6. The quantitative estimate of drug-likeness (QED) is 0.246. The van der Waals surface area contributed by atoms with Gasteiger partial charge in [-0.2, -0.15) is 26.3 Å². The molecule has 0 aromatic heterocycles. The van der Waals surface area contributed by atoms with Gasteiger partial charge < -0.3 is 14.7 Å². The lowest BCUT2D eigenvalue weighted by Crippen LogP contribution is -2.43. The van der Waals surface area contributed by atoms with Crippen molar-refractivity contribution in [3.05, 3.63) is 100 Å². The van der Waals surface area contributed by atoms with Gasteiger partial charge in [0.05, 0.1) is 16.5 Å². The van der Waals surface area contributed by atoms with Gasteiger partial charge in [0.1, 0.15) is 0 Å². The van der Waals surface area contributed by atoms with E-state index in [4.69, 9.17) is 0 Å². The molecule has 0 spiro atoms. The third kappa shape index (κ3) is 7.27. The number of hydrogen-bond donors (Lipinski definition) is 0. The molecule has 1 saturated heterocycles. The van der Waals surface area contributed by atoms with Gasteiger partial charge in [-0.15, -0.1) is 0 Å². The number of amides is 1. The lowest BCUT2D eigenvalue weighted by molar-refractivity contribution is -0.143. The largest absolute Gasteiger partial charge is 0.416 e. The van der Waals surface area contributed by atoms with Crippen LogP contribution in [0.1, 0.15) is 48.6 Å². The molecule has 0 atom stereocenters. The van der Waals surface area contributed by atoms with Crippen LogP contribution in [0.2, 0.25) is 0 Å². The number of likely N-dealkylation sites (N-methyl/N-ethyl adjacent to an activating group) is 2. The smallest absolute Gasteiger partial charge is 0.369 e. The third-order valence-corrected chi connectivity index (χ3v) is 7.72. The number of benzene rings is 2. The van der Waals surface area contributed by atoms with E-state index in [0.717, 1.165) is 43.0 Å². The highest BCUT2D eigenvalue weighted by Gasteiger charge is 2.41. The maximum Gasteiger partial charge on any atom is 0.416 e. The SMILES string of the molecule is C=C(/C=C(\C(=C/C)N(C)C(=O)C(C)(C)c1cc(C(F)(F)F)cc(C(F)(F)F)c1)c1ccccc1C)N1CCN(C)CC1. The fourth-order valence-corrected chi connectivity index (χ4v) is 5.01. The summed E-state index contributed by atoms with van der Waals surface area (Å²) in [4.78, 5) is 19.6. The van der Waals surface area contributed by atoms with E-state index in [1.807, 2.05) is 44.3 Å². The Bertz CT molecular complexity index is 1350. The zero-order valence-electron chi connectivity index (χ0n) is 24.7. The van der Waals surface area contributed by atoms with E-state index in [0.29, 0.717) is 23.4 Å². The summed E-state index contributed by atoms with van der Waals surface area (Å²) in [6.07, 6.45) is -6.47. The van der Waals surface area contributed by atoms with Crippen LogP contribution in [0.4, 0.5) is 26.3 Å². The van der Waals surface area contributed by atoms with E-state index in [2.05, 4.69) is 16.4 Å². The van der Waals surface area contributed by atoms with Crippen LogP contribution < -0.4 is 0 Å². The summed E-state index contributed by atoms with van der Waals surface area (Å²) in [7, 11) is 3.51. The zero-order valence-corrected chi connectivity index (χ0v) is 24.7. The topological polar surface area (TPSA) is 26.8 Å². The molecule has 1 fully saturated rings. The van der Waals surface area contributed by atoms with Crippen molar-refractivity contribution in [3.8, 4) is 0 Å². The lowest BCUT2D eigenvalue weighted by atomic mass is 9.81. The standard InChI is InChI=1S/C32H37F6N3O/c1-8-28(27(26-12-10-9-11-21(26)2)17-22(3)41-15-13-39(6)14-16-41)40(7)29(42)30(4,5)23-18-24(31(33,34)35)20-25(19-23)32(36,37)38/h8-12,17-20H,3,13-16H2,1-2,4-7H3/b27-17-,28-8+. The fourth-order valence-electron chi connectivity index (χ4n) is 5.01. The minimum Gasteiger partial charge on any atom is -0.369 e. The van der Waals surface area contributed by atoms with E-state index in [1.165, 1.54) is 25.8 Å². The highest BCUT2D eigenvalue weighted by Crippen LogP contribution is 2.40. The molecule has 0 N–H and O–H groups in total. The summed E-state index contributed by atoms with van der Waals surface area (Å²) in [6.45, 7) is 13.8. The molecule has 1 amide bonds. The first-order chi connectivity index (χ1) is 19.4. The molecule has 10 heteroatoms. The van der Waals surface area contributed by atoms with E-state index in [9.17, 15) is 31.1 Å². The molecule has 0 bridgehead atoms. The van der Waals surface area contributed by atoms with E-state index < -0.39 is 34.8 Å². The van der Waals surface area contributed by atoms with Crippen LogP contribution in [-0.4, -0.2) is 60.9 Å². The highest BCUT2D eigenvalue weighted by atomic mass is 19.4. The van der Waals surface area contributed by atoms with Gasteiger partial charge in [-0.05, 0) is 75.7 Å². The Hall–Kier alpha value is -3.53. The van der Waals surface area contributed by atoms with Gasteiger partial charge in [0.15, 0.2) is 0 Å². The Balaban J connectivity index is 2.09. The minimum atomic E-state index is -5.03. The zero-order chi connectivity index (χ0) is 31.6. The molecular weight excluding hydrogens is 556 g/mol. The number of hydrogen-bond acceptors (Lipinski definition) is 3. The van der Waals surface area contributed by atoms with Gasteiger partial charge in [-0.25, -0.2) is 0 Å². The van der Waals surface area contributed by atoms with Gasteiger partial charge in [-0.3, -0.25) is 4.79 Å². The van der Waals surface area contributed by atoms with Crippen LogP contribution in [0.25, 0.3) is 5.57 Å². The van der Waals surface area contributed by atoms with Crippen molar-refractivity contribution in [1.29, 1.82) is 0 Å². The van der Waals surface area contributed by atoms with Crippen LogP contribution >= 0.6 is 0 Å². The number of halogens is 6. The molecule has 1 heterocycles. The van der Waals surface area contributed by atoms with Gasteiger partial charge in [0, 0.05) is 50.2 Å². The van der Waals surface area contributed by atoms with Crippen molar-refractivity contribution in [2.24, 2.45) is 0 Å². The van der Waals surface area contributed by atoms with Crippen molar-refractivity contribution in [2.75, 3.05) is 40.3 Å². The Morgan fingerprint density at radius 3 is 1.88 bits per heavy atom. The van der Waals surface area contributed by atoms with Crippen molar-refractivity contribution in [1.82, 2.24) is 14.7 Å². The molecule has 4 nitrogen and oxygen atoms in total. The molecule has 2 aromatic carbocycles. The Morgan fingerprint density at radius 2 is 1.40 bits per heavy atom. The second kappa shape index (κ2) is 12.4. The van der Waals surface area contributed by atoms with Crippen LogP contribution in [0.5, 0.6) is 0 Å². The van der Waals surface area contributed by atoms with Crippen LogP contribution in [-0.2, 0) is 22.6 Å². The molecule has 0 saturated carbocycles. The lowest BCUT2D eigenvalue weighted by Gasteiger charge is -2.35. The molecule has 1 aliphatic rings. The van der Waals surface area contributed by atoms with Crippen molar-refractivity contribution in [2.45, 2.75) is 45.5 Å². The summed E-state index contributed by atoms with van der Waals surface area (Å²) in [5, 5.41) is 0. The number of rotatable bonds is 7.